The summed E-state index contributed by atoms with van der Waals surface area (Å²) in [6, 6.07) is 3.32. The van der Waals surface area contributed by atoms with Gasteiger partial charge in [0.25, 0.3) is 0 Å². The average Bonchev–Trinajstić information content (AvgIpc) is 3.56. The first kappa shape index (κ1) is 22.5. The Morgan fingerprint density at radius 2 is 1.94 bits per heavy atom. The third kappa shape index (κ3) is 3.87. The molecule has 33 heavy (non-hydrogen) atoms. The molecule has 1 aliphatic carbocycles. The first-order chi connectivity index (χ1) is 15.7. The average molecular weight is 474 g/mol. The van der Waals surface area contributed by atoms with E-state index in [2.05, 4.69) is 28.3 Å². The number of imidazole rings is 1. The highest BCUT2D eigenvalue weighted by Gasteiger charge is 2.41. The SMILES string of the molecule is CC(C)C1c2nc3cc(CO)c(S(C)(=O)=O)cc3n2CCN1C1=NC(C2CC2)C(CO)C=N1. The highest BCUT2D eigenvalue weighted by Crippen LogP contribution is 2.40. The van der Waals surface area contributed by atoms with Crippen molar-refractivity contribution in [2.75, 3.05) is 19.4 Å². The number of fused-ring (bicyclic) bond motifs is 3. The van der Waals surface area contributed by atoms with Gasteiger partial charge in [-0.1, -0.05) is 13.8 Å². The third-order valence-electron chi connectivity index (χ3n) is 6.98. The molecule has 2 N–H and O–H groups in total. The molecule has 0 saturated heterocycles. The first-order valence-corrected chi connectivity index (χ1v) is 13.5. The number of nitrogens with zero attached hydrogens (tertiary/aromatic N) is 5. The van der Waals surface area contributed by atoms with Gasteiger partial charge >= 0.3 is 0 Å². The number of hydrogen-bond donors (Lipinski definition) is 2. The standard InChI is InChI=1S/C23H31N5O4S/c1-13(2)21-22-25-17-8-15(11-29)19(33(3,31)32)9-18(17)27(22)6-7-28(21)23-24-10-16(12-30)20(26-23)14-4-5-14/h8-10,13-14,16,20-21,29-30H,4-7,11-12H2,1-3H3. The van der Waals surface area contributed by atoms with Crippen molar-refractivity contribution in [3.63, 3.8) is 0 Å². The molecule has 10 heteroatoms. The van der Waals surface area contributed by atoms with Crippen molar-refractivity contribution in [2.24, 2.45) is 27.7 Å². The van der Waals surface area contributed by atoms with Crippen LogP contribution in [0.1, 0.15) is 44.1 Å². The van der Waals surface area contributed by atoms with E-state index in [9.17, 15) is 18.6 Å². The number of guanidine groups is 1. The van der Waals surface area contributed by atoms with Crippen LogP contribution in [0.15, 0.2) is 27.0 Å². The zero-order valence-electron chi connectivity index (χ0n) is 19.2. The summed E-state index contributed by atoms with van der Waals surface area (Å²) in [6.07, 6.45) is 5.30. The fraction of sp³-hybridized carbons (Fsp3) is 0.609. The van der Waals surface area contributed by atoms with E-state index < -0.39 is 9.84 Å². The molecule has 0 bridgehead atoms. The zero-order valence-corrected chi connectivity index (χ0v) is 20.0. The normalized spacial score (nSPS) is 25.6. The molecule has 0 spiro atoms. The molecule has 3 atom stereocenters. The lowest BCUT2D eigenvalue weighted by Gasteiger charge is -2.40. The molecule has 1 aromatic heterocycles. The largest absolute Gasteiger partial charge is 0.396 e. The Bertz CT molecular complexity index is 1250. The van der Waals surface area contributed by atoms with Crippen molar-refractivity contribution in [3.05, 3.63) is 23.5 Å². The highest BCUT2D eigenvalue weighted by atomic mass is 32.2. The summed E-state index contributed by atoms with van der Waals surface area (Å²) < 4.78 is 26.7. The number of benzene rings is 1. The second-order valence-corrected chi connectivity index (χ2v) is 11.7. The number of aliphatic imine (C=N–C) groups is 2. The van der Waals surface area contributed by atoms with E-state index >= 15 is 0 Å². The lowest BCUT2D eigenvalue weighted by molar-refractivity contribution is 0.192. The summed E-state index contributed by atoms with van der Waals surface area (Å²) in [5.41, 5.74) is 1.81. The number of hydrogen-bond acceptors (Lipinski definition) is 8. The van der Waals surface area contributed by atoms with Crippen LogP contribution in [0.2, 0.25) is 0 Å². The van der Waals surface area contributed by atoms with Gasteiger partial charge in [0.15, 0.2) is 9.84 Å². The summed E-state index contributed by atoms with van der Waals surface area (Å²) in [7, 11) is -3.49. The van der Waals surface area contributed by atoms with Gasteiger partial charge in [-0.3, -0.25) is 0 Å². The van der Waals surface area contributed by atoms with Gasteiger partial charge < -0.3 is 19.7 Å². The molecule has 5 rings (SSSR count). The Balaban J connectivity index is 1.59. The van der Waals surface area contributed by atoms with Gasteiger partial charge in [-0.15, -0.1) is 0 Å². The molecule has 1 aromatic carbocycles. The van der Waals surface area contributed by atoms with Crippen LogP contribution in [0.3, 0.4) is 0 Å². The van der Waals surface area contributed by atoms with E-state index in [0.717, 1.165) is 30.4 Å². The molecule has 2 aromatic rings. The molecule has 0 radical (unpaired) electrons. The third-order valence-corrected chi connectivity index (χ3v) is 8.16. The molecule has 3 heterocycles. The predicted molar refractivity (Wildman–Crippen MR) is 126 cm³/mol. The molecule has 178 valence electrons. The van der Waals surface area contributed by atoms with Crippen LogP contribution >= 0.6 is 0 Å². The Morgan fingerprint density at radius 3 is 2.55 bits per heavy atom. The van der Waals surface area contributed by atoms with Crippen LogP contribution in [0.5, 0.6) is 0 Å². The van der Waals surface area contributed by atoms with E-state index in [1.807, 2.05) is 6.21 Å². The molecule has 0 amide bonds. The second-order valence-electron chi connectivity index (χ2n) is 9.76. The lowest BCUT2D eigenvalue weighted by Crippen LogP contribution is -2.46. The van der Waals surface area contributed by atoms with Gasteiger partial charge in [0, 0.05) is 31.5 Å². The molecule has 3 aliphatic rings. The topological polar surface area (TPSA) is 120 Å². The maximum atomic E-state index is 12.3. The number of rotatable bonds is 5. The summed E-state index contributed by atoms with van der Waals surface area (Å²) >= 11 is 0. The van der Waals surface area contributed by atoms with Crippen LogP contribution in [0.25, 0.3) is 11.0 Å². The van der Waals surface area contributed by atoms with Crippen molar-refractivity contribution < 1.29 is 18.6 Å². The molecule has 1 fully saturated rings. The van der Waals surface area contributed by atoms with Gasteiger partial charge in [-0.2, -0.15) is 0 Å². The van der Waals surface area contributed by atoms with Crippen LogP contribution in [0, 0.1) is 17.8 Å². The van der Waals surface area contributed by atoms with Gasteiger partial charge in [0.1, 0.15) is 5.82 Å². The van der Waals surface area contributed by atoms with Gasteiger partial charge in [0.05, 0.1) is 41.2 Å². The minimum absolute atomic E-state index is 0.0283. The number of aliphatic hydroxyl groups is 2. The summed E-state index contributed by atoms with van der Waals surface area (Å²) in [5.74, 6) is 2.24. The fourth-order valence-corrected chi connectivity index (χ4v) is 6.15. The predicted octanol–water partition coefficient (Wildman–Crippen LogP) is 1.77. The maximum absolute atomic E-state index is 12.3. The van der Waals surface area contributed by atoms with Crippen LogP contribution in [-0.2, 0) is 23.0 Å². The van der Waals surface area contributed by atoms with Crippen molar-refractivity contribution >= 4 is 33.0 Å². The number of aromatic nitrogens is 2. The molecule has 1 saturated carbocycles. The van der Waals surface area contributed by atoms with Gasteiger partial charge in [-0.05, 0) is 42.4 Å². The van der Waals surface area contributed by atoms with Crippen molar-refractivity contribution in [1.82, 2.24) is 14.5 Å². The number of sulfone groups is 1. The minimum Gasteiger partial charge on any atom is -0.396 e. The zero-order chi connectivity index (χ0) is 23.5. The molecular weight excluding hydrogens is 442 g/mol. The summed E-state index contributed by atoms with van der Waals surface area (Å²) in [5, 5.41) is 19.5. The monoisotopic (exact) mass is 473 g/mol. The number of aliphatic hydroxyl groups excluding tert-OH is 2. The minimum atomic E-state index is -3.49. The van der Waals surface area contributed by atoms with Gasteiger partial charge in [-0.25, -0.2) is 23.4 Å². The lowest BCUT2D eigenvalue weighted by atomic mass is 9.96. The van der Waals surface area contributed by atoms with Crippen LogP contribution in [0.4, 0.5) is 0 Å². The van der Waals surface area contributed by atoms with Crippen molar-refractivity contribution in [2.45, 2.75) is 56.8 Å². The summed E-state index contributed by atoms with van der Waals surface area (Å²) in [4.78, 5) is 16.9. The van der Waals surface area contributed by atoms with Crippen molar-refractivity contribution in [3.8, 4) is 0 Å². The smallest absolute Gasteiger partial charge is 0.221 e. The fourth-order valence-electron chi connectivity index (χ4n) is 5.22. The van der Waals surface area contributed by atoms with Crippen molar-refractivity contribution in [1.29, 1.82) is 0 Å². The van der Waals surface area contributed by atoms with Crippen LogP contribution in [-0.4, -0.2) is 70.7 Å². The molecule has 3 unspecified atom stereocenters. The second kappa shape index (κ2) is 8.18. The quantitative estimate of drug-likeness (QED) is 0.683. The van der Waals surface area contributed by atoms with Gasteiger partial charge in [0.2, 0.25) is 5.96 Å². The van der Waals surface area contributed by atoms with E-state index in [0.29, 0.717) is 36.0 Å². The van der Waals surface area contributed by atoms with E-state index in [1.165, 1.54) is 0 Å². The highest BCUT2D eigenvalue weighted by molar-refractivity contribution is 7.90. The Labute approximate surface area is 193 Å². The Morgan fingerprint density at radius 1 is 1.18 bits per heavy atom. The maximum Gasteiger partial charge on any atom is 0.221 e. The molecule has 9 nitrogen and oxygen atoms in total. The Hall–Kier alpha value is -2.30. The molecular formula is C23H31N5O4S. The van der Waals surface area contributed by atoms with E-state index in [4.69, 9.17) is 9.98 Å². The van der Waals surface area contributed by atoms with E-state index in [-0.39, 0.29) is 42.0 Å². The van der Waals surface area contributed by atoms with E-state index in [1.54, 1.807) is 12.1 Å². The van der Waals surface area contributed by atoms with Crippen LogP contribution < -0.4 is 0 Å². The first-order valence-electron chi connectivity index (χ1n) is 11.6. The molecule has 2 aliphatic heterocycles. The summed E-state index contributed by atoms with van der Waals surface area (Å²) in [6.45, 7) is 5.27. The Kier molecular flexibility index (Phi) is 5.57.